The highest BCUT2D eigenvalue weighted by molar-refractivity contribution is 4.90. The topological polar surface area (TPSA) is 19.7 Å². The Morgan fingerprint density at radius 3 is 1.18 bits per heavy atom. The van der Waals surface area contributed by atoms with E-state index in [-0.39, 0.29) is 0 Å². The number of hydrogen-bond acceptors (Lipinski definition) is 0. The molecule has 0 amide bonds. The lowest BCUT2D eigenvalue weighted by atomic mass is 9.93. The van der Waals surface area contributed by atoms with Crippen LogP contribution in [0.3, 0.4) is 0 Å². The Bertz CT molecular complexity index is 606. The molecule has 2 heteroatoms. The standard InChI is InChI=1S/C37H72N2/c1-5-8-10-12-14-16-17-18-19-20-21-22-23-24-26-28-30-32-36(31-29-27-25-15-13-11-9-6-2)37-38-33-34-39(37)35(4)7-3/h33-36H,5-32H2,1-4H3/p+1. The second kappa shape index (κ2) is 27.4. The zero-order chi connectivity index (χ0) is 28.2. The maximum atomic E-state index is 3.67. The van der Waals surface area contributed by atoms with Crippen molar-refractivity contribution in [2.75, 3.05) is 0 Å². The van der Waals surface area contributed by atoms with Gasteiger partial charge in [0.15, 0.2) is 0 Å². The third-order valence-electron chi connectivity index (χ3n) is 9.26. The number of unbranched alkanes of at least 4 members (excludes halogenated alkanes) is 23. The third kappa shape index (κ3) is 19.8. The molecule has 2 atom stereocenters. The van der Waals surface area contributed by atoms with Crippen LogP contribution in [0.1, 0.15) is 225 Å². The fourth-order valence-electron chi connectivity index (χ4n) is 6.33. The number of hydrogen-bond donors (Lipinski definition) is 1. The molecule has 1 heterocycles. The molecule has 0 saturated heterocycles. The highest BCUT2D eigenvalue weighted by Gasteiger charge is 2.24. The average Bonchev–Trinajstić information content (AvgIpc) is 3.44. The molecule has 0 aliphatic rings. The lowest BCUT2D eigenvalue weighted by Gasteiger charge is -2.16. The summed E-state index contributed by atoms with van der Waals surface area (Å²) in [7, 11) is 0. The highest BCUT2D eigenvalue weighted by atomic mass is 15.1. The van der Waals surface area contributed by atoms with Crippen molar-refractivity contribution in [1.29, 1.82) is 0 Å². The summed E-state index contributed by atoms with van der Waals surface area (Å²) in [4.78, 5) is 3.67. The fourth-order valence-corrected chi connectivity index (χ4v) is 6.33. The number of imidazole rings is 1. The number of nitrogens with one attached hydrogen (secondary N) is 1. The molecule has 0 bridgehead atoms. The molecular weight excluding hydrogens is 472 g/mol. The van der Waals surface area contributed by atoms with Crippen LogP contribution in [0.2, 0.25) is 0 Å². The van der Waals surface area contributed by atoms with Crippen molar-refractivity contribution in [1.82, 2.24) is 4.98 Å². The Morgan fingerprint density at radius 1 is 0.513 bits per heavy atom. The van der Waals surface area contributed by atoms with Gasteiger partial charge in [0.2, 0.25) is 0 Å². The smallest absolute Gasteiger partial charge is 0.247 e. The maximum absolute atomic E-state index is 3.67. The molecule has 2 nitrogen and oxygen atoms in total. The van der Waals surface area contributed by atoms with Crippen molar-refractivity contribution in [3.63, 3.8) is 0 Å². The van der Waals surface area contributed by atoms with Crippen molar-refractivity contribution >= 4 is 0 Å². The molecule has 230 valence electrons. The SMILES string of the molecule is CCCCCCCCCCCCCCCCCCCC(CCCCCCCCCC)c1[nH]cc[n+]1C(C)CC. The summed E-state index contributed by atoms with van der Waals surface area (Å²) in [5, 5.41) is 0. The van der Waals surface area contributed by atoms with Gasteiger partial charge in [-0.15, -0.1) is 0 Å². The van der Waals surface area contributed by atoms with E-state index in [9.17, 15) is 0 Å². The van der Waals surface area contributed by atoms with E-state index in [0.717, 1.165) is 0 Å². The van der Waals surface area contributed by atoms with E-state index in [2.05, 4.69) is 49.6 Å². The van der Waals surface area contributed by atoms with Crippen molar-refractivity contribution in [3.8, 4) is 0 Å². The first kappa shape index (κ1) is 36.2. The van der Waals surface area contributed by atoms with Gasteiger partial charge in [-0.1, -0.05) is 181 Å². The van der Waals surface area contributed by atoms with Gasteiger partial charge in [-0.2, -0.15) is 0 Å². The summed E-state index contributed by atoms with van der Waals surface area (Å²) in [5.74, 6) is 2.22. The first-order valence-electron chi connectivity index (χ1n) is 18.3. The molecule has 39 heavy (non-hydrogen) atoms. The van der Waals surface area contributed by atoms with Gasteiger partial charge in [-0.05, 0) is 26.2 Å². The molecule has 0 aliphatic carbocycles. The lowest BCUT2D eigenvalue weighted by Crippen LogP contribution is -2.40. The van der Waals surface area contributed by atoms with E-state index in [1.165, 1.54) is 186 Å². The van der Waals surface area contributed by atoms with Crippen LogP contribution in [0.5, 0.6) is 0 Å². The van der Waals surface area contributed by atoms with E-state index >= 15 is 0 Å². The van der Waals surface area contributed by atoms with Gasteiger partial charge in [-0.3, -0.25) is 0 Å². The lowest BCUT2D eigenvalue weighted by molar-refractivity contribution is -0.726. The first-order chi connectivity index (χ1) is 19.2. The van der Waals surface area contributed by atoms with Crippen LogP contribution in [0, 0.1) is 0 Å². The molecule has 2 unspecified atom stereocenters. The fraction of sp³-hybridized carbons (Fsp3) is 0.919. The zero-order valence-electron chi connectivity index (χ0n) is 27.6. The average molecular weight is 546 g/mol. The number of rotatable bonds is 30. The molecule has 0 fully saturated rings. The molecule has 1 N–H and O–H groups in total. The summed E-state index contributed by atoms with van der Waals surface area (Å²) in [6.07, 6.45) is 44.5. The normalized spacial score (nSPS) is 13.2. The van der Waals surface area contributed by atoms with Gasteiger partial charge in [-0.25, -0.2) is 9.55 Å². The minimum atomic E-state index is 0.600. The van der Waals surface area contributed by atoms with Gasteiger partial charge < -0.3 is 0 Å². The molecule has 1 aromatic heterocycles. The van der Waals surface area contributed by atoms with E-state index in [1.807, 2.05) is 0 Å². The van der Waals surface area contributed by atoms with Gasteiger partial charge in [0.25, 0.3) is 5.82 Å². The summed E-state index contributed by atoms with van der Waals surface area (Å²) in [6, 6.07) is 0.600. The highest BCUT2D eigenvalue weighted by Crippen LogP contribution is 2.27. The van der Waals surface area contributed by atoms with Crippen LogP contribution in [0.4, 0.5) is 0 Å². The van der Waals surface area contributed by atoms with Crippen LogP contribution in [-0.2, 0) is 0 Å². The number of nitrogens with zero attached hydrogens (tertiary/aromatic N) is 1. The Hall–Kier alpha value is -0.790. The predicted molar refractivity (Wildman–Crippen MR) is 175 cm³/mol. The summed E-state index contributed by atoms with van der Waals surface area (Å²) >= 11 is 0. The van der Waals surface area contributed by atoms with Crippen molar-refractivity contribution in [2.45, 2.75) is 219 Å². The Labute approximate surface area is 246 Å². The molecule has 1 aromatic rings. The largest absolute Gasteiger partial charge is 0.257 e. The number of aromatic nitrogens is 2. The Kier molecular flexibility index (Phi) is 25.4. The maximum Gasteiger partial charge on any atom is 0.257 e. The van der Waals surface area contributed by atoms with Gasteiger partial charge in [0, 0.05) is 0 Å². The van der Waals surface area contributed by atoms with E-state index in [1.54, 1.807) is 0 Å². The van der Waals surface area contributed by atoms with Crippen molar-refractivity contribution < 1.29 is 4.57 Å². The molecular formula is C37H73N2+. The molecule has 0 aromatic carbocycles. The monoisotopic (exact) mass is 546 g/mol. The quantitative estimate of drug-likeness (QED) is 0.0732. The predicted octanol–water partition coefficient (Wildman–Crippen LogP) is 12.9. The molecule has 0 aliphatic heterocycles. The molecule has 0 spiro atoms. The van der Waals surface area contributed by atoms with Crippen LogP contribution in [0.15, 0.2) is 12.4 Å². The zero-order valence-corrected chi connectivity index (χ0v) is 27.6. The Balaban J connectivity index is 2.14. The number of aromatic amines is 1. The van der Waals surface area contributed by atoms with Crippen molar-refractivity contribution in [3.05, 3.63) is 18.2 Å². The third-order valence-corrected chi connectivity index (χ3v) is 9.26. The molecule has 0 saturated carbocycles. The van der Waals surface area contributed by atoms with E-state index in [0.29, 0.717) is 12.0 Å². The van der Waals surface area contributed by atoms with Crippen LogP contribution >= 0.6 is 0 Å². The van der Waals surface area contributed by atoms with E-state index in [4.69, 9.17) is 0 Å². The Morgan fingerprint density at radius 2 is 0.846 bits per heavy atom. The molecule has 0 radical (unpaired) electrons. The van der Waals surface area contributed by atoms with Gasteiger partial charge in [0.05, 0.1) is 12.0 Å². The minimum Gasteiger partial charge on any atom is -0.247 e. The minimum absolute atomic E-state index is 0.600. The van der Waals surface area contributed by atoms with Crippen LogP contribution in [-0.4, -0.2) is 4.98 Å². The second-order valence-electron chi connectivity index (χ2n) is 12.9. The number of H-pyrrole nitrogens is 1. The van der Waals surface area contributed by atoms with Gasteiger partial charge in [0.1, 0.15) is 12.4 Å². The van der Waals surface area contributed by atoms with Crippen molar-refractivity contribution in [2.24, 2.45) is 0 Å². The summed E-state index contributed by atoms with van der Waals surface area (Å²) < 4.78 is 2.54. The van der Waals surface area contributed by atoms with Gasteiger partial charge >= 0.3 is 0 Å². The summed E-state index contributed by atoms with van der Waals surface area (Å²) in [6.45, 7) is 9.31. The van der Waals surface area contributed by atoms with Crippen LogP contribution in [0.25, 0.3) is 0 Å². The first-order valence-corrected chi connectivity index (χ1v) is 18.3. The summed E-state index contributed by atoms with van der Waals surface area (Å²) in [5.41, 5.74) is 0. The van der Waals surface area contributed by atoms with Crippen LogP contribution < -0.4 is 4.57 Å². The van der Waals surface area contributed by atoms with E-state index < -0.39 is 0 Å². The second-order valence-corrected chi connectivity index (χ2v) is 12.9. The molecule has 1 rings (SSSR count).